The maximum absolute atomic E-state index is 13.8. The molecule has 2 N–H and O–H groups in total. The molecule has 0 saturated heterocycles. The van der Waals surface area contributed by atoms with E-state index in [0.717, 1.165) is 16.8 Å². The van der Waals surface area contributed by atoms with Gasteiger partial charge in [-0.05, 0) is 47.5 Å². The number of benzene rings is 3. The van der Waals surface area contributed by atoms with Gasteiger partial charge in [-0.25, -0.2) is 9.38 Å². The van der Waals surface area contributed by atoms with Crippen LogP contribution in [-0.2, 0) is 5.75 Å². The lowest BCUT2D eigenvalue weighted by Crippen LogP contribution is -2.06. The SMILES string of the molecule is NC(=Nc1cccc(Cl)c1)SCc1ccc(/C=C/c2c(F)cccc2Cl)cc1. The minimum atomic E-state index is -0.341. The van der Waals surface area contributed by atoms with Gasteiger partial charge < -0.3 is 5.73 Å². The van der Waals surface area contributed by atoms with Crippen LogP contribution in [0, 0.1) is 5.82 Å². The molecule has 142 valence electrons. The van der Waals surface area contributed by atoms with Crippen LogP contribution < -0.4 is 5.73 Å². The monoisotopic (exact) mass is 430 g/mol. The highest BCUT2D eigenvalue weighted by Crippen LogP contribution is 2.23. The first-order valence-corrected chi connectivity index (χ1v) is 10.2. The largest absolute Gasteiger partial charge is 0.378 e. The van der Waals surface area contributed by atoms with Gasteiger partial charge in [-0.1, -0.05) is 77.4 Å². The van der Waals surface area contributed by atoms with Crippen molar-refractivity contribution in [3.8, 4) is 0 Å². The van der Waals surface area contributed by atoms with Gasteiger partial charge in [-0.2, -0.15) is 0 Å². The number of hydrogen-bond acceptors (Lipinski definition) is 2. The summed E-state index contributed by atoms with van der Waals surface area (Å²) in [5.74, 6) is 0.352. The van der Waals surface area contributed by atoms with Crippen molar-refractivity contribution < 1.29 is 4.39 Å². The van der Waals surface area contributed by atoms with E-state index in [9.17, 15) is 4.39 Å². The zero-order valence-corrected chi connectivity index (χ0v) is 17.1. The van der Waals surface area contributed by atoms with E-state index in [2.05, 4.69) is 4.99 Å². The second-order valence-electron chi connectivity index (χ2n) is 5.93. The fraction of sp³-hybridized carbons (Fsp3) is 0.0455. The quantitative estimate of drug-likeness (QED) is 0.264. The smallest absolute Gasteiger partial charge is 0.159 e. The third kappa shape index (κ3) is 5.86. The zero-order valence-electron chi connectivity index (χ0n) is 14.8. The van der Waals surface area contributed by atoms with Gasteiger partial charge in [-0.15, -0.1) is 0 Å². The van der Waals surface area contributed by atoms with Crippen LogP contribution in [-0.4, -0.2) is 5.17 Å². The average Bonchev–Trinajstić information content (AvgIpc) is 2.67. The normalized spacial score (nSPS) is 11.9. The number of amidine groups is 1. The Morgan fingerprint density at radius 2 is 1.75 bits per heavy atom. The highest BCUT2D eigenvalue weighted by atomic mass is 35.5. The molecule has 0 amide bonds. The van der Waals surface area contributed by atoms with E-state index in [4.69, 9.17) is 28.9 Å². The molecule has 0 radical (unpaired) electrons. The molecule has 0 fully saturated rings. The molecule has 28 heavy (non-hydrogen) atoms. The first kappa shape index (κ1) is 20.5. The van der Waals surface area contributed by atoms with Crippen LogP contribution in [0.2, 0.25) is 10.0 Å². The maximum Gasteiger partial charge on any atom is 0.159 e. The highest BCUT2D eigenvalue weighted by molar-refractivity contribution is 8.13. The van der Waals surface area contributed by atoms with Crippen LogP contribution in [0.15, 0.2) is 71.7 Å². The van der Waals surface area contributed by atoms with Gasteiger partial charge in [0, 0.05) is 16.3 Å². The van der Waals surface area contributed by atoms with Crippen LogP contribution in [0.25, 0.3) is 12.2 Å². The topological polar surface area (TPSA) is 38.4 Å². The van der Waals surface area contributed by atoms with Gasteiger partial charge in [-0.3, -0.25) is 0 Å². The van der Waals surface area contributed by atoms with E-state index in [1.54, 1.807) is 30.3 Å². The molecule has 3 aromatic carbocycles. The third-order valence-corrected chi connectivity index (χ3v) is 5.29. The summed E-state index contributed by atoms with van der Waals surface area (Å²) in [6.45, 7) is 0. The van der Waals surface area contributed by atoms with Gasteiger partial charge >= 0.3 is 0 Å². The van der Waals surface area contributed by atoms with Gasteiger partial charge in [0.15, 0.2) is 5.17 Å². The Kier molecular flexibility index (Phi) is 7.15. The van der Waals surface area contributed by atoms with Gasteiger partial charge in [0.2, 0.25) is 0 Å². The van der Waals surface area contributed by atoms with Crippen molar-refractivity contribution in [2.75, 3.05) is 0 Å². The predicted octanol–water partition coefficient (Wildman–Crippen LogP) is 7.18. The fourth-order valence-electron chi connectivity index (χ4n) is 2.44. The highest BCUT2D eigenvalue weighted by Gasteiger charge is 2.03. The molecule has 6 heteroatoms. The van der Waals surface area contributed by atoms with Gasteiger partial charge in [0.25, 0.3) is 0 Å². The number of hydrogen-bond donors (Lipinski definition) is 1. The Morgan fingerprint density at radius 3 is 2.46 bits per heavy atom. The first-order valence-electron chi connectivity index (χ1n) is 8.45. The Labute approximate surface area is 177 Å². The second kappa shape index (κ2) is 9.78. The second-order valence-corrected chi connectivity index (χ2v) is 7.77. The summed E-state index contributed by atoms with van der Waals surface area (Å²) in [7, 11) is 0. The minimum absolute atomic E-state index is 0.341. The molecule has 2 nitrogen and oxygen atoms in total. The summed E-state index contributed by atoms with van der Waals surface area (Å²) < 4.78 is 13.8. The van der Waals surface area contributed by atoms with E-state index in [1.165, 1.54) is 17.8 Å². The summed E-state index contributed by atoms with van der Waals surface area (Å²) >= 11 is 13.4. The van der Waals surface area contributed by atoms with E-state index in [0.29, 0.717) is 26.5 Å². The summed E-state index contributed by atoms with van der Waals surface area (Å²) in [6.07, 6.45) is 3.51. The Hall–Kier alpha value is -2.27. The standard InChI is InChI=1S/C22H17Cl2FN2S/c23-17-3-1-4-18(13-17)27-22(26)28-14-16-9-7-15(8-10-16)11-12-19-20(24)5-2-6-21(19)25/h1-13H,14H2,(H2,26,27)/b12-11+. The molecule has 0 saturated carbocycles. The first-order chi connectivity index (χ1) is 13.5. The molecule has 0 spiro atoms. The van der Waals surface area contributed by atoms with Crippen molar-refractivity contribution >= 4 is 58.0 Å². The third-order valence-electron chi connectivity index (χ3n) is 3.86. The van der Waals surface area contributed by atoms with Gasteiger partial charge in [0.05, 0.1) is 10.7 Å². The average molecular weight is 431 g/mol. The number of aliphatic imine (C=N–C) groups is 1. The Balaban J connectivity index is 1.61. The number of nitrogens with two attached hydrogens (primary N) is 1. The lowest BCUT2D eigenvalue weighted by molar-refractivity contribution is 0.625. The molecule has 0 heterocycles. The molecule has 0 atom stereocenters. The molecule has 0 aliphatic rings. The summed E-state index contributed by atoms with van der Waals surface area (Å²) in [5.41, 5.74) is 9.15. The van der Waals surface area contributed by atoms with E-state index in [-0.39, 0.29) is 5.82 Å². The lowest BCUT2D eigenvalue weighted by atomic mass is 10.1. The molecular formula is C22H17Cl2FN2S. The molecule has 0 aliphatic heterocycles. The molecule has 0 aliphatic carbocycles. The van der Waals surface area contributed by atoms with Crippen molar-refractivity contribution in [2.24, 2.45) is 10.7 Å². The van der Waals surface area contributed by atoms with Gasteiger partial charge in [0.1, 0.15) is 5.82 Å². The number of nitrogens with zero attached hydrogens (tertiary/aromatic N) is 1. The molecular weight excluding hydrogens is 414 g/mol. The lowest BCUT2D eigenvalue weighted by Gasteiger charge is -2.03. The van der Waals surface area contributed by atoms with Crippen LogP contribution in [0.4, 0.5) is 10.1 Å². The van der Waals surface area contributed by atoms with Crippen LogP contribution in [0.3, 0.4) is 0 Å². The van der Waals surface area contributed by atoms with Crippen molar-refractivity contribution in [1.29, 1.82) is 0 Å². The molecule has 0 bridgehead atoms. The van der Waals surface area contributed by atoms with Crippen molar-refractivity contribution in [3.05, 3.63) is 99.3 Å². The van der Waals surface area contributed by atoms with Crippen LogP contribution in [0.1, 0.15) is 16.7 Å². The van der Waals surface area contributed by atoms with Crippen molar-refractivity contribution in [3.63, 3.8) is 0 Å². The number of rotatable bonds is 5. The fourth-order valence-corrected chi connectivity index (χ4v) is 3.52. The predicted molar refractivity (Wildman–Crippen MR) is 121 cm³/mol. The Bertz CT molecular complexity index is 997. The Morgan fingerprint density at radius 1 is 1.00 bits per heavy atom. The van der Waals surface area contributed by atoms with E-state index < -0.39 is 0 Å². The van der Waals surface area contributed by atoms with Crippen molar-refractivity contribution in [1.82, 2.24) is 0 Å². The molecule has 3 aromatic rings. The number of thioether (sulfide) groups is 1. The molecule has 0 aromatic heterocycles. The molecule has 0 unspecified atom stereocenters. The summed E-state index contributed by atoms with van der Waals surface area (Å²) in [4.78, 5) is 4.35. The van der Waals surface area contributed by atoms with E-state index in [1.807, 2.05) is 42.5 Å². The minimum Gasteiger partial charge on any atom is -0.378 e. The van der Waals surface area contributed by atoms with Crippen LogP contribution >= 0.6 is 35.0 Å². The van der Waals surface area contributed by atoms with Crippen molar-refractivity contribution in [2.45, 2.75) is 5.75 Å². The zero-order chi connectivity index (χ0) is 19.9. The summed E-state index contributed by atoms with van der Waals surface area (Å²) in [5, 5.41) is 1.48. The van der Waals surface area contributed by atoms with E-state index >= 15 is 0 Å². The number of halogens is 3. The summed E-state index contributed by atoms with van der Waals surface area (Å²) in [6, 6.07) is 19.8. The maximum atomic E-state index is 13.8. The van der Waals surface area contributed by atoms with Crippen LogP contribution in [0.5, 0.6) is 0 Å². The molecule has 3 rings (SSSR count).